The number of nitrogens with two attached hydrogens (primary N) is 1. The molecule has 0 spiro atoms. The Balaban J connectivity index is 1.44. The molecule has 14 atom stereocenters. The first-order valence-corrected chi connectivity index (χ1v) is 11.6. The van der Waals surface area contributed by atoms with Crippen LogP contribution < -0.4 is 5.73 Å². The maximum Gasteiger partial charge on any atom is 0.0659 e. The maximum atomic E-state index is 9.69. The van der Waals surface area contributed by atoms with Gasteiger partial charge in [0.2, 0.25) is 0 Å². The van der Waals surface area contributed by atoms with Crippen LogP contribution in [-0.4, -0.2) is 6.04 Å². The lowest BCUT2D eigenvalue weighted by Crippen LogP contribution is -2.49. The number of rotatable bonds is 4. The van der Waals surface area contributed by atoms with E-state index in [1.165, 1.54) is 25.7 Å². The van der Waals surface area contributed by atoms with Crippen LogP contribution in [0.4, 0.5) is 0 Å². The molecule has 26 heavy (non-hydrogen) atoms. The second-order valence-corrected chi connectivity index (χ2v) is 11.2. The fourth-order valence-electron chi connectivity index (χ4n) is 9.25. The summed E-state index contributed by atoms with van der Waals surface area (Å²) < 4.78 is 0. The van der Waals surface area contributed by atoms with Gasteiger partial charge in [-0.3, -0.25) is 0 Å². The van der Waals surface area contributed by atoms with Crippen molar-refractivity contribution in [3.05, 3.63) is 0 Å². The van der Waals surface area contributed by atoms with Crippen LogP contribution in [0.25, 0.3) is 0 Å². The zero-order valence-corrected chi connectivity index (χ0v) is 17.1. The van der Waals surface area contributed by atoms with Crippen molar-refractivity contribution < 1.29 is 0 Å². The van der Waals surface area contributed by atoms with Crippen molar-refractivity contribution in [3.63, 3.8) is 0 Å². The average Bonchev–Trinajstić information content (AvgIpc) is 3.05. The van der Waals surface area contributed by atoms with Gasteiger partial charge in [0.25, 0.3) is 0 Å². The predicted molar refractivity (Wildman–Crippen MR) is 105 cm³/mol. The molecule has 2 N–H and O–H groups in total. The van der Waals surface area contributed by atoms with Crippen molar-refractivity contribution in [1.29, 1.82) is 5.26 Å². The molecule has 6 aliphatic rings. The van der Waals surface area contributed by atoms with Crippen LogP contribution >= 0.6 is 0 Å². The zero-order chi connectivity index (χ0) is 18.3. The Morgan fingerprint density at radius 1 is 0.962 bits per heavy atom. The van der Waals surface area contributed by atoms with Crippen LogP contribution in [0.3, 0.4) is 0 Å². The number of hydrogen-bond donors (Lipinski definition) is 1. The van der Waals surface area contributed by atoms with E-state index in [-0.39, 0.29) is 0 Å². The Morgan fingerprint density at radius 2 is 1.65 bits per heavy atom. The van der Waals surface area contributed by atoms with E-state index in [1.54, 1.807) is 0 Å². The highest BCUT2D eigenvalue weighted by Gasteiger charge is 2.65. The fourth-order valence-corrected chi connectivity index (χ4v) is 9.25. The average molecular weight is 355 g/mol. The molecule has 14 unspecified atom stereocenters. The highest BCUT2D eigenvalue weighted by molar-refractivity contribution is 5.15. The van der Waals surface area contributed by atoms with Crippen molar-refractivity contribution in [2.45, 2.75) is 65.8 Å². The molecule has 0 aromatic rings. The van der Waals surface area contributed by atoms with Crippen LogP contribution in [0.2, 0.25) is 0 Å². The van der Waals surface area contributed by atoms with Gasteiger partial charge in [0.1, 0.15) is 0 Å². The molecule has 6 fully saturated rings. The Bertz CT molecular complexity index is 608. The largest absolute Gasteiger partial charge is 0.327 e. The summed E-state index contributed by atoms with van der Waals surface area (Å²) in [4.78, 5) is 0. The molecule has 6 aliphatic carbocycles. The molecule has 0 aromatic heterocycles. The molecule has 6 rings (SSSR count). The Labute approximate surface area is 160 Å². The lowest BCUT2D eigenvalue weighted by molar-refractivity contribution is -0.0443. The molecule has 0 saturated heterocycles. The SMILES string of the molecule is CCC1C2CC1C1C(C)C(C(C3CC3N)C3C(C)CC3C#N)CC(C)C21. The molecule has 0 amide bonds. The first-order chi connectivity index (χ1) is 12.5. The predicted octanol–water partition coefficient (Wildman–Crippen LogP) is 4.95. The number of nitriles is 1. The van der Waals surface area contributed by atoms with Crippen molar-refractivity contribution in [2.24, 2.45) is 82.7 Å². The van der Waals surface area contributed by atoms with Gasteiger partial charge in [0, 0.05) is 12.0 Å². The van der Waals surface area contributed by atoms with Gasteiger partial charge in [0.15, 0.2) is 0 Å². The maximum absolute atomic E-state index is 9.69. The van der Waals surface area contributed by atoms with Gasteiger partial charge in [-0.15, -0.1) is 0 Å². The summed E-state index contributed by atoms with van der Waals surface area (Å²) in [5.41, 5.74) is 6.41. The highest BCUT2D eigenvalue weighted by Crippen LogP contribution is 2.70. The van der Waals surface area contributed by atoms with Crippen LogP contribution in [0.15, 0.2) is 0 Å². The van der Waals surface area contributed by atoms with Gasteiger partial charge >= 0.3 is 0 Å². The van der Waals surface area contributed by atoms with Crippen molar-refractivity contribution in [3.8, 4) is 6.07 Å². The van der Waals surface area contributed by atoms with Crippen molar-refractivity contribution in [2.75, 3.05) is 0 Å². The van der Waals surface area contributed by atoms with E-state index in [0.717, 1.165) is 65.6 Å². The molecule has 144 valence electrons. The van der Waals surface area contributed by atoms with Gasteiger partial charge in [-0.25, -0.2) is 0 Å². The minimum Gasteiger partial charge on any atom is -0.327 e. The Hall–Kier alpha value is -0.550. The smallest absolute Gasteiger partial charge is 0.0659 e. The van der Waals surface area contributed by atoms with Crippen molar-refractivity contribution >= 4 is 0 Å². The lowest BCUT2D eigenvalue weighted by atomic mass is 9.51. The van der Waals surface area contributed by atoms with E-state index in [2.05, 4.69) is 33.8 Å². The highest BCUT2D eigenvalue weighted by atomic mass is 14.8. The molecular weight excluding hydrogens is 316 g/mol. The second kappa shape index (κ2) is 5.97. The third-order valence-corrected chi connectivity index (χ3v) is 10.4. The first-order valence-electron chi connectivity index (χ1n) is 11.6. The molecule has 0 aromatic carbocycles. The molecule has 2 heteroatoms. The molecular formula is C24H38N2. The van der Waals surface area contributed by atoms with Crippen LogP contribution in [0.5, 0.6) is 0 Å². The molecule has 0 aliphatic heterocycles. The topological polar surface area (TPSA) is 49.8 Å². The summed E-state index contributed by atoms with van der Waals surface area (Å²) in [7, 11) is 0. The summed E-state index contributed by atoms with van der Waals surface area (Å²) in [5, 5.41) is 9.69. The van der Waals surface area contributed by atoms with Crippen LogP contribution in [0.1, 0.15) is 59.8 Å². The molecule has 2 bridgehead atoms. The van der Waals surface area contributed by atoms with E-state index >= 15 is 0 Å². The van der Waals surface area contributed by atoms with Gasteiger partial charge in [0.05, 0.1) is 6.07 Å². The Morgan fingerprint density at radius 3 is 2.23 bits per heavy atom. The standard InChI is InChI=1S/C24H38N2/c1-5-15-17-8-18(15)23-13(4)16(7-12(3)22(17)23)24(19-9-20(19)26)21-11(2)6-14(21)10-25/h11-24H,5-9,26H2,1-4H3. The summed E-state index contributed by atoms with van der Waals surface area (Å²) in [6, 6.07) is 3.09. The third-order valence-electron chi connectivity index (χ3n) is 10.4. The monoisotopic (exact) mass is 354 g/mol. The molecule has 0 radical (unpaired) electrons. The van der Waals surface area contributed by atoms with E-state index in [9.17, 15) is 5.26 Å². The molecule has 6 saturated carbocycles. The quantitative estimate of drug-likeness (QED) is 0.777. The van der Waals surface area contributed by atoms with Gasteiger partial charge in [-0.2, -0.15) is 5.26 Å². The van der Waals surface area contributed by atoms with E-state index < -0.39 is 0 Å². The summed E-state index contributed by atoms with van der Waals surface area (Å²) >= 11 is 0. The van der Waals surface area contributed by atoms with E-state index in [4.69, 9.17) is 5.73 Å². The minimum atomic E-state index is 0.309. The minimum absolute atomic E-state index is 0.309. The molecule has 0 heterocycles. The third kappa shape index (κ3) is 2.19. The van der Waals surface area contributed by atoms with Crippen molar-refractivity contribution in [1.82, 2.24) is 0 Å². The fraction of sp³-hybridized carbons (Fsp3) is 0.958. The van der Waals surface area contributed by atoms with Gasteiger partial charge in [-0.05, 0) is 96.7 Å². The number of hydrogen-bond acceptors (Lipinski definition) is 2. The lowest BCUT2D eigenvalue weighted by Gasteiger charge is -2.53. The van der Waals surface area contributed by atoms with E-state index in [0.29, 0.717) is 23.8 Å². The summed E-state index contributed by atoms with van der Waals surface area (Å²) in [5.74, 6) is 10.8. The summed E-state index contributed by atoms with van der Waals surface area (Å²) in [6.07, 6.45) is 6.70. The van der Waals surface area contributed by atoms with Crippen LogP contribution in [0, 0.1) is 88.3 Å². The first kappa shape index (κ1) is 17.5. The normalized spacial score (nSPS) is 61.0. The molecule has 2 nitrogen and oxygen atoms in total. The van der Waals surface area contributed by atoms with Crippen LogP contribution in [-0.2, 0) is 0 Å². The van der Waals surface area contributed by atoms with E-state index in [1.807, 2.05) is 0 Å². The summed E-state index contributed by atoms with van der Waals surface area (Å²) in [6.45, 7) is 10.00. The van der Waals surface area contributed by atoms with Gasteiger partial charge in [-0.1, -0.05) is 34.1 Å². The Kier molecular flexibility index (Phi) is 4.03. The second-order valence-electron chi connectivity index (χ2n) is 11.2. The van der Waals surface area contributed by atoms with Gasteiger partial charge < -0.3 is 5.73 Å². The zero-order valence-electron chi connectivity index (χ0n) is 17.1. The number of nitrogens with zero attached hydrogens (tertiary/aromatic N) is 1.